The van der Waals surface area contributed by atoms with Crippen molar-refractivity contribution in [2.24, 2.45) is 0 Å². The van der Waals surface area contributed by atoms with E-state index in [0.717, 1.165) is 6.42 Å². The largest absolute Gasteiger partial charge is 0.480 e. The molecule has 0 aliphatic carbocycles. The molecule has 2 fully saturated rings. The zero-order chi connectivity index (χ0) is 8.72. The topological polar surface area (TPSA) is 58.6 Å². The number of ether oxygens (including phenoxy) is 1. The Hall–Kier alpha value is -0.610. The zero-order valence-electron chi connectivity index (χ0n) is 6.99. The van der Waals surface area contributed by atoms with Gasteiger partial charge in [0.15, 0.2) is 0 Å². The van der Waals surface area contributed by atoms with Crippen LogP contribution in [0.3, 0.4) is 0 Å². The van der Waals surface area contributed by atoms with E-state index in [1.807, 2.05) is 6.92 Å². The Bertz CT molecular complexity index is 192. The van der Waals surface area contributed by atoms with Gasteiger partial charge in [0.25, 0.3) is 0 Å². The van der Waals surface area contributed by atoms with Crippen LogP contribution in [0.1, 0.15) is 19.8 Å². The minimum Gasteiger partial charge on any atom is -0.480 e. The Balaban J connectivity index is 1.98. The molecule has 2 heterocycles. The van der Waals surface area contributed by atoms with Gasteiger partial charge in [0.2, 0.25) is 0 Å². The highest BCUT2D eigenvalue weighted by Gasteiger charge is 2.43. The van der Waals surface area contributed by atoms with E-state index < -0.39 is 12.0 Å². The molecule has 0 bridgehead atoms. The summed E-state index contributed by atoms with van der Waals surface area (Å²) >= 11 is 0. The number of fused-ring (bicyclic) bond motifs is 1. The minimum absolute atomic E-state index is 0.126. The number of hydrogen-bond acceptors (Lipinski definition) is 3. The van der Waals surface area contributed by atoms with Crippen molar-refractivity contribution in [2.45, 2.75) is 44.1 Å². The van der Waals surface area contributed by atoms with Crippen LogP contribution < -0.4 is 5.32 Å². The molecule has 2 aliphatic heterocycles. The highest BCUT2D eigenvalue weighted by atomic mass is 16.5. The second kappa shape index (κ2) is 2.71. The summed E-state index contributed by atoms with van der Waals surface area (Å²) in [5.74, 6) is -0.763. The second-order valence-corrected chi connectivity index (χ2v) is 3.62. The summed E-state index contributed by atoms with van der Waals surface area (Å²) in [5, 5.41) is 11.8. The third kappa shape index (κ3) is 1.21. The van der Waals surface area contributed by atoms with Gasteiger partial charge in [-0.1, -0.05) is 0 Å². The lowest BCUT2D eigenvalue weighted by atomic mass is 10.1. The summed E-state index contributed by atoms with van der Waals surface area (Å²) in [7, 11) is 0. The number of hydrogen-bond donors (Lipinski definition) is 2. The SMILES string of the molecule is C[C@@H]1C[C@@H]2N[C@H](C(=O)O)C[C@@H]2O1. The molecule has 0 spiro atoms. The second-order valence-electron chi connectivity index (χ2n) is 3.62. The van der Waals surface area contributed by atoms with Crippen LogP contribution in [-0.2, 0) is 9.53 Å². The average molecular weight is 171 g/mol. The fraction of sp³-hybridized carbons (Fsp3) is 0.875. The van der Waals surface area contributed by atoms with Gasteiger partial charge in [0.1, 0.15) is 6.04 Å². The molecule has 0 unspecified atom stereocenters. The first kappa shape index (κ1) is 8.01. The summed E-state index contributed by atoms with van der Waals surface area (Å²) in [6, 6.07) is -0.131. The first-order chi connectivity index (χ1) is 5.66. The molecular weight excluding hydrogens is 158 g/mol. The molecule has 2 rings (SSSR count). The van der Waals surface area contributed by atoms with Gasteiger partial charge in [-0.25, -0.2) is 0 Å². The Morgan fingerprint density at radius 3 is 2.92 bits per heavy atom. The van der Waals surface area contributed by atoms with Crippen LogP contribution >= 0.6 is 0 Å². The molecule has 2 saturated heterocycles. The van der Waals surface area contributed by atoms with E-state index in [1.54, 1.807) is 0 Å². The standard InChI is InChI=1S/C8H13NO3/c1-4-2-5-7(12-4)3-6(9-5)8(10)11/h4-7,9H,2-3H2,1H3,(H,10,11)/t4-,5+,6+,7+/m1/s1. The molecule has 0 amide bonds. The summed E-state index contributed by atoms with van der Waals surface area (Å²) in [5.41, 5.74) is 0. The van der Waals surface area contributed by atoms with E-state index in [2.05, 4.69) is 5.32 Å². The summed E-state index contributed by atoms with van der Waals surface area (Å²) < 4.78 is 5.54. The molecule has 12 heavy (non-hydrogen) atoms. The quantitative estimate of drug-likeness (QED) is 0.582. The van der Waals surface area contributed by atoms with Crippen molar-refractivity contribution in [2.75, 3.05) is 0 Å². The summed E-state index contributed by atoms with van der Waals surface area (Å²) in [6.45, 7) is 2.02. The van der Waals surface area contributed by atoms with Crippen LogP contribution in [0.25, 0.3) is 0 Å². The number of aliphatic carboxylic acids is 1. The minimum atomic E-state index is -0.763. The van der Waals surface area contributed by atoms with Gasteiger partial charge >= 0.3 is 5.97 Å². The van der Waals surface area contributed by atoms with Gasteiger partial charge in [0, 0.05) is 12.5 Å². The predicted octanol–water partition coefficient (Wildman–Crippen LogP) is -0.0211. The van der Waals surface area contributed by atoms with E-state index in [-0.39, 0.29) is 18.2 Å². The van der Waals surface area contributed by atoms with Crippen molar-refractivity contribution >= 4 is 5.97 Å². The van der Waals surface area contributed by atoms with Crippen LogP contribution in [0.15, 0.2) is 0 Å². The lowest BCUT2D eigenvalue weighted by Gasteiger charge is -2.08. The van der Waals surface area contributed by atoms with Crippen molar-refractivity contribution in [3.63, 3.8) is 0 Å². The van der Waals surface area contributed by atoms with E-state index in [0.29, 0.717) is 6.42 Å². The third-order valence-corrected chi connectivity index (χ3v) is 2.62. The van der Waals surface area contributed by atoms with Crippen LogP contribution in [0.2, 0.25) is 0 Å². The summed E-state index contributed by atoms with van der Waals surface area (Å²) in [4.78, 5) is 10.6. The van der Waals surface area contributed by atoms with Crippen LogP contribution in [0.5, 0.6) is 0 Å². The van der Waals surface area contributed by atoms with Crippen LogP contribution in [0, 0.1) is 0 Å². The Kier molecular flexibility index (Phi) is 1.81. The first-order valence-electron chi connectivity index (χ1n) is 4.31. The smallest absolute Gasteiger partial charge is 0.320 e. The Morgan fingerprint density at radius 2 is 2.33 bits per heavy atom. The van der Waals surface area contributed by atoms with Crippen molar-refractivity contribution in [1.82, 2.24) is 5.32 Å². The molecule has 68 valence electrons. The van der Waals surface area contributed by atoms with E-state index >= 15 is 0 Å². The van der Waals surface area contributed by atoms with E-state index in [4.69, 9.17) is 9.84 Å². The first-order valence-corrected chi connectivity index (χ1v) is 4.31. The molecule has 4 nitrogen and oxygen atoms in total. The number of carboxylic acids is 1. The zero-order valence-corrected chi connectivity index (χ0v) is 6.99. The number of carboxylic acid groups (broad SMARTS) is 1. The molecule has 2 aliphatic rings. The Labute approximate surface area is 70.9 Å². The molecular formula is C8H13NO3. The highest BCUT2D eigenvalue weighted by Crippen LogP contribution is 2.28. The molecule has 0 aromatic carbocycles. The van der Waals surface area contributed by atoms with Crippen LogP contribution in [-0.4, -0.2) is 35.4 Å². The number of carbonyl (C=O) groups is 1. The molecule has 0 aromatic heterocycles. The molecule has 0 radical (unpaired) electrons. The third-order valence-electron chi connectivity index (χ3n) is 2.62. The molecule has 4 atom stereocenters. The maximum absolute atomic E-state index is 10.6. The molecule has 0 saturated carbocycles. The monoisotopic (exact) mass is 171 g/mol. The van der Waals surface area contributed by atoms with Gasteiger partial charge in [0.05, 0.1) is 12.2 Å². The lowest BCUT2D eigenvalue weighted by molar-refractivity contribution is -0.139. The number of rotatable bonds is 1. The van der Waals surface area contributed by atoms with Crippen LogP contribution in [0.4, 0.5) is 0 Å². The van der Waals surface area contributed by atoms with Gasteiger partial charge in [-0.15, -0.1) is 0 Å². The van der Waals surface area contributed by atoms with Gasteiger partial charge < -0.3 is 9.84 Å². The maximum Gasteiger partial charge on any atom is 0.320 e. The van der Waals surface area contributed by atoms with Crippen molar-refractivity contribution in [3.05, 3.63) is 0 Å². The van der Waals surface area contributed by atoms with Gasteiger partial charge in [-0.05, 0) is 13.3 Å². The van der Waals surface area contributed by atoms with Crippen molar-refractivity contribution in [1.29, 1.82) is 0 Å². The molecule has 4 heteroatoms. The molecule has 2 N–H and O–H groups in total. The summed E-state index contributed by atoms with van der Waals surface area (Å²) in [6.07, 6.45) is 1.96. The number of nitrogens with one attached hydrogen (secondary N) is 1. The average Bonchev–Trinajstić information content (AvgIpc) is 2.42. The van der Waals surface area contributed by atoms with E-state index in [1.165, 1.54) is 0 Å². The molecule has 0 aromatic rings. The van der Waals surface area contributed by atoms with Gasteiger partial charge in [-0.3, -0.25) is 10.1 Å². The fourth-order valence-electron chi connectivity index (χ4n) is 2.08. The normalized spacial score (nSPS) is 46.1. The fourth-order valence-corrected chi connectivity index (χ4v) is 2.08. The highest BCUT2D eigenvalue weighted by molar-refractivity contribution is 5.74. The van der Waals surface area contributed by atoms with Crippen molar-refractivity contribution in [3.8, 4) is 0 Å². The van der Waals surface area contributed by atoms with E-state index in [9.17, 15) is 4.79 Å². The predicted molar refractivity (Wildman–Crippen MR) is 41.9 cm³/mol. The Morgan fingerprint density at radius 1 is 1.58 bits per heavy atom. The van der Waals surface area contributed by atoms with Gasteiger partial charge in [-0.2, -0.15) is 0 Å². The maximum atomic E-state index is 10.6. The lowest BCUT2D eigenvalue weighted by Crippen LogP contribution is -2.35. The van der Waals surface area contributed by atoms with Crippen molar-refractivity contribution < 1.29 is 14.6 Å².